The fourth-order valence-electron chi connectivity index (χ4n) is 3.47. The summed E-state index contributed by atoms with van der Waals surface area (Å²) >= 11 is 0. The summed E-state index contributed by atoms with van der Waals surface area (Å²) in [7, 11) is 0. The Bertz CT molecular complexity index is 1230. The number of hydrogen-bond acceptors (Lipinski definition) is 4. The fourth-order valence-corrected chi connectivity index (χ4v) is 3.47. The Morgan fingerprint density at radius 1 is 0.794 bits per heavy atom. The molecule has 0 fully saturated rings. The molecule has 1 aromatic heterocycles. The zero-order valence-electron chi connectivity index (χ0n) is 18.3. The van der Waals surface area contributed by atoms with Crippen LogP contribution < -0.4 is 26.3 Å². The van der Waals surface area contributed by atoms with E-state index < -0.39 is 4.92 Å². The van der Waals surface area contributed by atoms with Crippen molar-refractivity contribution in [1.82, 2.24) is 0 Å². The summed E-state index contributed by atoms with van der Waals surface area (Å²) in [5.41, 5.74) is 3.25. The van der Waals surface area contributed by atoms with E-state index >= 15 is 0 Å². The molecular formula is C27H23BrN2O4. The summed E-state index contributed by atoms with van der Waals surface area (Å²) in [6.45, 7) is 1.40. The molecule has 0 aliphatic carbocycles. The molecule has 0 radical (unpaired) electrons. The van der Waals surface area contributed by atoms with Crippen LogP contribution in [0.5, 0.6) is 5.75 Å². The molecule has 34 heavy (non-hydrogen) atoms. The number of hydrogen-bond donors (Lipinski definition) is 0. The Hall–Kier alpha value is -3.84. The van der Waals surface area contributed by atoms with Gasteiger partial charge in [-0.25, -0.2) is 4.57 Å². The summed E-state index contributed by atoms with van der Waals surface area (Å²) in [5, 5.41) is 10.8. The number of pyridine rings is 1. The van der Waals surface area contributed by atoms with E-state index in [-0.39, 0.29) is 28.5 Å². The van der Waals surface area contributed by atoms with Gasteiger partial charge in [-0.3, -0.25) is 14.9 Å². The molecule has 0 amide bonds. The minimum absolute atomic E-state index is 0. The van der Waals surface area contributed by atoms with Gasteiger partial charge in [-0.15, -0.1) is 0 Å². The average Bonchev–Trinajstić information content (AvgIpc) is 2.87. The van der Waals surface area contributed by atoms with Crippen molar-refractivity contribution < 1.29 is 36.0 Å². The van der Waals surface area contributed by atoms with E-state index in [1.807, 2.05) is 18.2 Å². The lowest BCUT2D eigenvalue weighted by molar-refractivity contribution is -0.697. The third-order valence-electron chi connectivity index (χ3n) is 5.28. The van der Waals surface area contributed by atoms with Crippen LogP contribution in [0.1, 0.15) is 22.3 Å². The molecule has 0 aliphatic rings. The molecular weight excluding hydrogens is 496 g/mol. The molecule has 0 bridgehead atoms. The van der Waals surface area contributed by atoms with Crippen LogP contribution in [-0.4, -0.2) is 17.3 Å². The number of benzene rings is 3. The lowest BCUT2D eigenvalue weighted by Gasteiger charge is -2.07. The quantitative estimate of drug-likeness (QED) is 0.112. The maximum atomic E-state index is 12.6. The van der Waals surface area contributed by atoms with Crippen LogP contribution in [0.4, 0.5) is 5.69 Å². The highest BCUT2D eigenvalue weighted by atomic mass is 79.9. The van der Waals surface area contributed by atoms with E-state index in [1.165, 1.54) is 35.4 Å². The second kappa shape index (κ2) is 11.9. The van der Waals surface area contributed by atoms with Crippen LogP contribution in [0.2, 0.25) is 0 Å². The average molecular weight is 519 g/mol. The minimum Gasteiger partial charge on any atom is -1.00 e. The number of non-ortho nitro benzene ring substituents is 1. The van der Waals surface area contributed by atoms with Gasteiger partial charge < -0.3 is 21.7 Å². The van der Waals surface area contributed by atoms with Gasteiger partial charge in [0.15, 0.2) is 24.7 Å². The van der Waals surface area contributed by atoms with Crippen molar-refractivity contribution in [3.8, 4) is 16.9 Å². The third-order valence-corrected chi connectivity index (χ3v) is 5.28. The highest BCUT2D eigenvalue weighted by molar-refractivity contribution is 6.09. The van der Waals surface area contributed by atoms with E-state index in [9.17, 15) is 14.9 Å². The summed E-state index contributed by atoms with van der Waals surface area (Å²) in [4.78, 5) is 22.8. The molecule has 0 aliphatic heterocycles. The minimum atomic E-state index is -0.487. The van der Waals surface area contributed by atoms with E-state index in [4.69, 9.17) is 4.74 Å². The number of halogens is 1. The number of aromatic nitrogens is 1. The molecule has 4 rings (SSSR count). The van der Waals surface area contributed by atoms with E-state index in [0.29, 0.717) is 23.5 Å². The molecule has 0 spiro atoms. The van der Waals surface area contributed by atoms with Gasteiger partial charge in [-0.1, -0.05) is 30.3 Å². The van der Waals surface area contributed by atoms with Crippen molar-refractivity contribution in [2.75, 3.05) is 6.61 Å². The van der Waals surface area contributed by atoms with Crippen LogP contribution in [0.15, 0.2) is 103 Å². The van der Waals surface area contributed by atoms with Crippen molar-refractivity contribution in [1.29, 1.82) is 0 Å². The first-order valence-corrected chi connectivity index (χ1v) is 10.7. The Labute approximate surface area is 208 Å². The first-order valence-electron chi connectivity index (χ1n) is 10.7. The van der Waals surface area contributed by atoms with Crippen molar-refractivity contribution in [2.45, 2.75) is 13.0 Å². The van der Waals surface area contributed by atoms with Crippen LogP contribution in [0.25, 0.3) is 11.1 Å². The predicted octanol–water partition coefficient (Wildman–Crippen LogP) is 2.25. The van der Waals surface area contributed by atoms with Crippen LogP contribution in [0, 0.1) is 10.1 Å². The molecule has 3 aromatic carbocycles. The van der Waals surface area contributed by atoms with E-state index in [0.717, 1.165) is 13.0 Å². The molecule has 4 aromatic rings. The number of nitrogens with zero attached hydrogens (tertiary/aromatic N) is 2. The number of carbonyl (C=O) groups excluding carboxylic acids is 1. The maximum Gasteiger partial charge on any atom is 0.269 e. The van der Waals surface area contributed by atoms with Gasteiger partial charge in [0.05, 0.1) is 11.5 Å². The second-order valence-electron chi connectivity index (χ2n) is 7.55. The van der Waals surface area contributed by atoms with Gasteiger partial charge in [-0.2, -0.15) is 0 Å². The van der Waals surface area contributed by atoms with Gasteiger partial charge >= 0.3 is 0 Å². The first-order chi connectivity index (χ1) is 16.1. The van der Waals surface area contributed by atoms with Crippen LogP contribution in [0.3, 0.4) is 0 Å². The lowest BCUT2D eigenvalue weighted by atomic mass is 10.0. The van der Waals surface area contributed by atoms with Crippen LogP contribution in [-0.2, 0) is 6.54 Å². The van der Waals surface area contributed by atoms with Gasteiger partial charge in [0.1, 0.15) is 5.75 Å². The molecule has 0 saturated heterocycles. The Balaban J connectivity index is 0.00000324. The van der Waals surface area contributed by atoms with E-state index in [2.05, 4.69) is 41.2 Å². The molecule has 6 nitrogen and oxygen atoms in total. The Morgan fingerprint density at radius 2 is 1.35 bits per heavy atom. The molecule has 0 atom stereocenters. The van der Waals surface area contributed by atoms with Crippen molar-refractivity contribution >= 4 is 11.5 Å². The molecule has 7 heteroatoms. The monoisotopic (exact) mass is 518 g/mol. The van der Waals surface area contributed by atoms with Crippen molar-refractivity contribution in [2.24, 2.45) is 0 Å². The Kier molecular flexibility index (Phi) is 8.65. The molecule has 1 heterocycles. The predicted molar refractivity (Wildman–Crippen MR) is 125 cm³/mol. The summed E-state index contributed by atoms with van der Waals surface area (Å²) in [6.07, 6.45) is 4.99. The maximum absolute atomic E-state index is 12.6. The smallest absolute Gasteiger partial charge is 0.269 e. The van der Waals surface area contributed by atoms with Crippen LogP contribution >= 0.6 is 0 Å². The highest BCUT2D eigenvalue weighted by Gasteiger charge is 2.12. The zero-order valence-corrected chi connectivity index (χ0v) is 19.9. The Morgan fingerprint density at radius 3 is 1.94 bits per heavy atom. The number of ether oxygens (including phenoxy) is 1. The van der Waals surface area contributed by atoms with Crippen molar-refractivity contribution in [3.63, 3.8) is 0 Å². The van der Waals surface area contributed by atoms with Gasteiger partial charge in [0, 0.05) is 41.8 Å². The number of rotatable bonds is 9. The molecule has 0 saturated carbocycles. The van der Waals surface area contributed by atoms with Gasteiger partial charge in [0.2, 0.25) is 0 Å². The first kappa shape index (κ1) is 24.8. The standard InChI is InChI=1S/C27H23N2O4.BrH/c30-27(23-7-11-25(12-8-23)29(31)32)24-9-13-26(14-10-24)33-20-4-17-28-18-15-22(16-19-28)21-5-2-1-3-6-21;/h1-3,5-16,18-19H,4,17,20H2;1H/q+1;/p-1. The number of nitro benzene ring substituents is 1. The van der Waals surface area contributed by atoms with Gasteiger partial charge in [0.25, 0.3) is 5.69 Å². The second-order valence-corrected chi connectivity index (χ2v) is 7.55. The number of nitro groups is 1. The fraction of sp³-hybridized carbons (Fsp3) is 0.111. The summed E-state index contributed by atoms with van der Waals surface area (Å²) in [6, 6.07) is 27.0. The van der Waals surface area contributed by atoms with Gasteiger partial charge in [-0.05, 0) is 47.5 Å². The molecule has 172 valence electrons. The lowest BCUT2D eigenvalue weighted by Crippen LogP contribution is -3.00. The summed E-state index contributed by atoms with van der Waals surface area (Å²) < 4.78 is 7.93. The number of carbonyl (C=O) groups is 1. The normalized spacial score (nSPS) is 10.2. The molecule has 0 N–H and O–H groups in total. The molecule has 0 unspecified atom stereocenters. The zero-order chi connectivity index (χ0) is 23.0. The number of ketones is 1. The SMILES string of the molecule is O=C(c1ccc(OCCC[n+]2ccc(-c3ccccc3)cc2)cc1)c1ccc([N+](=O)[O-])cc1.[Br-]. The highest BCUT2D eigenvalue weighted by Crippen LogP contribution is 2.19. The topological polar surface area (TPSA) is 73.3 Å². The third kappa shape index (κ3) is 6.36. The largest absolute Gasteiger partial charge is 1.00 e. The van der Waals surface area contributed by atoms with Crippen molar-refractivity contribution in [3.05, 3.63) is 125 Å². The summed E-state index contributed by atoms with van der Waals surface area (Å²) in [5.74, 6) is 0.506. The van der Waals surface area contributed by atoms with E-state index in [1.54, 1.807) is 24.3 Å². The number of aryl methyl sites for hydroxylation is 1.